The fourth-order valence-corrected chi connectivity index (χ4v) is 4.80. The Morgan fingerprint density at radius 1 is 1.33 bits per heavy atom. The molecule has 4 rings (SSSR count). The second-order valence-electron chi connectivity index (χ2n) is 7.19. The molecule has 8 nitrogen and oxygen atoms in total. The number of hydrogen-bond acceptors (Lipinski definition) is 6. The fraction of sp³-hybridized carbons (Fsp3) is 0.556. The van der Waals surface area contributed by atoms with Gasteiger partial charge in [0.05, 0.1) is 23.9 Å². The number of rotatable bonds is 5. The zero-order chi connectivity index (χ0) is 19.0. The molecule has 9 heteroatoms. The van der Waals surface area contributed by atoms with E-state index in [9.17, 15) is 14.4 Å². The van der Waals surface area contributed by atoms with E-state index in [1.807, 2.05) is 10.3 Å². The number of ether oxygens (including phenoxy) is 1. The smallest absolute Gasteiger partial charge is 0.271 e. The third-order valence-electron chi connectivity index (χ3n) is 5.61. The summed E-state index contributed by atoms with van der Waals surface area (Å²) in [6, 6.07) is 1.79. The number of amides is 2. The normalized spacial score (nSPS) is 22.5. The standard InChI is InChI=1S/C18H22N4O4S/c1-26-8-7-20-5-3-18(17(20)25)4-6-21(11-18)14(23)10-22-12-19-13-2-9-27-15(13)16(22)24/h2,9,12H,3-8,10-11H2,1H3. The average Bonchev–Trinajstić information content (AvgIpc) is 3.38. The summed E-state index contributed by atoms with van der Waals surface area (Å²) in [6.07, 6.45) is 2.87. The van der Waals surface area contributed by atoms with Crippen molar-refractivity contribution in [3.8, 4) is 0 Å². The molecule has 144 valence electrons. The van der Waals surface area contributed by atoms with Gasteiger partial charge in [0.25, 0.3) is 5.56 Å². The first-order valence-electron chi connectivity index (χ1n) is 9.03. The first kappa shape index (κ1) is 18.1. The third kappa shape index (κ3) is 3.14. The number of carbonyl (C=O) groups is 2. The second kappa shape index (κ2) is 7.05. The molecular weight excluding hydrogens is 368 g/mol. The van der Waals surface area contributed by atoms with Gasteiger partial charge in [-0.25, -0.2) is 4.98 Å². The molecule has 0 N–H and O–H groups in total. The fourth-order valence-electron chi connectivity index (χ4n) is 4.01. The number of methoxy groups -OCH3 is 1. The topological polar surface area (TPSA) is 84.7 Å². The van der Waals surface area contributed by atoms with Crippen molar-refractivity contribution < 1.29 is 14.3 Å². The highest BCUT2D eigenvalue weighted by Gasteiger charge is 2.51. The Labute approximate surface area is 160 Å². The highest BCUT2D eigenvalue weighted by atomic mass is 32.1. The maximum absolute atomic E-state index is 12.8. The van der Waals surface area contributed by atoms with Gasteiger partial charge in [-0.15, -0.1) is 11.3 Å². The number of likely N-dealkylation sites (tertiary alicyclic amines) is 2. The van der Waals surface area contributed by atoms with Crippen molar-refractivity contribution in [2.75, 3.05) is 39.9 Å². The number of fused-ring (bicyclic) bond motifs is 1. The Morgan fingerprint density at radius 3 is 2.96 bits per heavy atom. The lowest BCUT2D eigenvalue weighted by molar-refractivity contribution is -0.137. The molecule has 0 aromatic carbocycles. The summed E-state index contributed by atoms with van der Waals surface area (Å²) < 4.78 is 6.98. The minimum absolute atomic E-state index is 0.0443. The monoisotopic (exact) mass is 390 g/mol. The van der Waals surface area contributed by atoms with E-state index in [1.165, 1.54) is 22.2 Å². The zero-order valence-corrected chi connectivity index (χ0v) is 16.0. The summed E-state index contributed by atoms with van der Waals surface area (Å²) in [5.41, 5.74) is -0.00824. The molecule has 1 unspecified atom stereocenters. The molecule has 2 aliphatic rings. The van der Waals surface area contributed by atoms with Crippen molar-refractivity contribution in [2.45, 2.75) is 19.4 Å². The van der Waals surface area contributed by atoms with E-state index in [2.05, 4.69) is 4.98 Å². The molecule has 0 saturated carbocycles. The Kier molecular flexibility index (Phi) is 4.73. The quantitative estimate of drug-likeness (QED) is 0.745. The van der Waals surface area contributed by atoms with Crippen LogP contribution in [0.1, 0.15) is 12.8 Å². The number of thiophene rings is 1. The summed E-state index contributed by atoms with van der Waals surface area (Å²) in [5.74, 6) is -0.0245. The first-order valence-corrected chi connectivity index (χ1v) is 9.91. The van der Waals surface area contributed by atoms with E-state index in [0.29, 0.717) is 49.4 Å². The number of hydrogen-bond donors (Lipinski definition) is 0. The SMILES string of the molecule is COCCN1CCC2(CCN(C(=O)Cn3cnc4ccsc4c3=O)C2)C1=O. The van der Waals surface area contributed by atoms with Crippen LogP contribution in [0.3, 0.4) is 0 Å². The van der Waals surface area contributed by atoms with Crippen LogP contribution in [0.4, 0.5) is 0 Å². The van der Waals surface area contributed by atoms with Crippen LogP contribution in [0.25, 0.3) is 10.2 Å². The maximum atomic E-state index is 12.8. The maximum Gasteiger partial charge on any atom is 0.271 e. The molecular formula is C18H22N4O4S. The number of carbonyl (C=O) groups excluding carboxylic acids is 2. The van der Waals surface area contributed by atoms with Gasteiger partial charge in [-0.2, -0.15) is 0 Å². The lowest BCUT2D eigenvalue weighted by Gasteiger charge is -2.23. The van der Waals surface area contributed by atoms with Gasteiger partial charge in [0.15, 0.2) is 0 Å². The Hall–Kier alpha value is -2.26. The van der Waals surface area contributed by atoms with Crippen molar-refractivity contribution in [1.82, 2.24) is 19.4 Å². The molecule has 2 aromatic heterocycles. The van der Waals surface area contributed by atoms with E-state index in [-0.39, 0.29) is 23.9 Å². The van der Waals surface area contributed by atoms with Crippen LogP contribution in [-0.4, -0.2) is 71.1 Å². The molecule has 1 spiro atoms. The van der Waals surface area contributed by atoms with Crippen LogP contribution in [0.5, 0.6) is 0 Å². The van der Waals surface area contributed by atoms with Gasteiger partial charge in [0, 0.05) is 33.3 Å². The molecule has 2 fully saturated rings. The van der Waals surface area contributed by atoms with Crippen LogP contribution in [-0.2, 0) is 20.9 Å². The van der Waals surface area contributed by atoms with Crippen LogP contribution >= 0.6 is 11.3 Å². The molecule has 2 aliphatic heterocycles. The summed E-state index contributed by atoms with van der Waals surface area (Å²) in [4.78, 5) is 45.8. The molecule has 2 amide bonds. The molecule has 2 aromatic rings. The van der Waals surface area contributed by atoms with E-state index in [4.69, 9.17) is 4.74 Å². The van der Waals surface area contributed by atoms with Gasteiger partial charge in [-0.1, -0.05) is 0 Å². The van der Waals surface area contributed by atoms with Crippen molar-refractivity contribution in [3.63, 3.8) is 0 Å². The minimum atomic E-state index is -0.468. The van der Waals surface area contributed by atoms with Gasteiger partial charge >= 0.3 is 0 Å². The zero-order valence-electron chi connectivity index (χ0n) is 15.2. The van der Waals surface area contributed by atoms with Crippen LogP contribution in [0.15, 0.2) is 22.6 Å². The lowest BCUT2D eigenvalue weighted by atomic mass is 9.85. The molecule has 0 bridgehead atoms. The van der Waals surface area contributed by atoms with Gasteiger partial charge < -0.3 is 14.5 Å². The van der Waals surface area contributed by atoms with Gasteiger partial charge in [-0.3, -0.25) is 19.0 Å². The van der Waals surface area contributed by atoms with Gasteiger partial charge in [0.1, 0.15) is 11.2 Å². The van der Waals surface area contributed by atoms with Gasteiger partial charge in [0.2, 0.25) is 11.8 Å². The van der Waals surface area contributed by atoms with Crippen LogP contribution < -0.4 is 5.56 Å². The van der Waals surface area contributed by atoms with E-state index in [0.717, 1.165) is 6.42 Å². The first-order chi connectivity index (χ1) is 13.0. The Balaban J connectivity index is 1.44. The van der Waals surface area contributed by atoms with Crippen molar-refractivity contribution in [3.05, 3.63) is 28.1 Å². The molecule has 0 aliphatic carbocycles. The second-order valence-corrected chi connectivity index (χ2v) is 8.11. The highest BCUT2D eigenvalue weighted by Crippen LogP contribution is 2.40. The molecule has 2 saturated heterocycles. The highest BCUT2D eigenvalue weighted by molar-refractivity contribution is 7.17. The summed E-state index contributed by atoms with van der Waals surface area (Å²) in [5, 5.41) is 1.82. The van der Waals surface area contributed by atoms with Crippen molar-refractivity contribution >= 4 is 33.4 Å². The molecule has 0 radical (unpaired) electrons. The third-order valence-corrected chi connectivity index (χ3v) is 6.51. The summed E-state index contributed by atoms with van der Waals surface area (Å²) in [7, 11) is 1.62. The largest absolute Gasteiger partial charge is 0.383 e. The van der Waals surface area contributed by atoms with E-state index >= 15 is 0 Å². The van der Waals surface area contributed by atoms with E-state index in [1.54, 1.807) is 18.1 Å². The number of aromatic nitrogens is 2. The Morgan fingerprint density at radius 2 is 2.15 bits per heavy atom. The van der Waals surface area contributed by atoms with Gasteiger partial charge in [-0.05, 0) is 24.3 Å². The summed E-state index contributed by atoms with van der Waals surface area (Å²) in [6.45, 7) is 2.75. The van der Waals surface area contributed by atoms with Crippen molar-refractivity contribution in [2.24, 2.45) is 5.41 Å². The van der Waals surface area contributed by atoms with E-state index < -0.39 is 5.41 Å². The van der Waals surface area contributed by atoms with Crippen molar-refractivity contribution in [1.29, 1.82) is 0 Å². The molecule has 4 heterocycles. The van der Waals surface area contributed by atoms with Crippen LogP contribution in [0, 0.1) is 5.41 Å². The lowest BCUT2D eigenvalue weighted by Crippen LogP contribution is -2.40. The minimum Gasteiger partial charge on any atom is -0.383 e. The predicted octanol–water partition coefficient (Wildman–Crippen LogP) is 0.555. The number of nitrogens with zero attached hydrogens (tertiary/aromatic N) is 4. The van der Waals surface area contributed by atoms with Crippen LogP contribution in [0.2, 0.25) is 0 Å². The average molecular weight is 390 g/mol. The molecule has 27 heavy (non-hydrogen) atoms. The predicted molar refractivity (Wildman–Crippen MR) is 101 cm³/mol. The Bertz CT molecular complexity index is 939. The summed E-state index contributed by atoms with van der Waals surface area (Å²) >= 11 is 1.33. The molecule has 1 atom stereocenters.